The lowest BCUT2D eigenvalue weighted by Gasteiger charge is -2.30. The summed E-state index contributed by atoms with van der Waals surface area (Å²) in [4.78, 5) is 2.36. The maximum atomic E-state index is 2.36. The third-order valence-electron chi connectivity index (χ3n) is 7.21. The zero-order chi connectivity index (χ0) is 22.6. The van der Waals surface area contributed by atoms with Crippen LogP contribution >= 0.6 is 0 Å². The van der Waals surface area contributed by atoms with Crippen LogP contribution in [-0.2, 0) is 0 Å². The molecule has 0 heterocycles. The van der Waals surface area contributed by atoms with Crippen LogP contribution in [0.3, 0.4) is 0 Å². The van der Waals surface area contributed by atoms with Crippen LogP contribution in [0.15, 0.2) is 103 Å². The minimum absolute atomic E-state index is 0.672. The number of anilines is 3. The summed E-state index contributed by atoms with van der Waals surface area (Å²) in [5, 5.41) is 0. The van der Waals surface area contributed by atoms with Crippen LogP contribution in [0.5, 0.6) is 0 Å². The van der Waals surface area contributed by atoms with E-state index in [0.717, 1.165) is 5.92 Å². The highest BCUT2D eigenvalue weighted by Crippen LogP contribution is 2.41. The lowest BCUT2D eigenvalue weighted by Crippen LogP contribution is -2.13. The van der Waals surface area contributed by atoms with Crippen LogP contribution in [0.4, 0.5) is 17.1 Å². The Bertz CT molecular complexity index is 1100. The van der Waals surface area contributed by atoms with E-state index >= 15 is 0 Å². The second-order valence-corrected chi connectivity index (χ2v) is 9.56. The molecule has 0 aromatic heterocycles. The second kappa shape index (κ2) is 9.67. The van der Waals surface area contributed by atoms with Crippen molar-refractivity contribution in [2.45, 2.75) is 51.4 Å². The van der Waals surface area contributed by atoms with E-state index in [1.165, 1.54) is 65.0 Å². The van der Waals surface area contributed by atoms with Crippen molar-refractivity contribution in [2.24, 2.45) is 0 Å². The van der Waals surface area contributed by atoms with Gasteiger partial charge < -0.3 is 4.90 Å². The maximum Gasteiger partial charge on any atom is 0.0461 e. The number of hydrogen-bond donors (Lipinski definition) is 0. The van der Waals surface area contributed by atoms with Gasteiger partial charge in [-0.1, -0.05) is 77.9 Å². The monoisotopic (exact) mass is 431 g/mol. The molecular weight excluding hydrogens is 398 g/mol. The van der Waals surface area contributed by atoms with Crippen molar-refractivity contribution < 1.29 is 0 Å². The summed E-state index contributed by atoms with van der Waals surface area (Å²) < 4.78 is 0. The fourth-order valence-electron chi connectivity index (χ4n) is 5.22. The van der Waals surface area contributed by atoms with Crippen molar-refractivity contribution >= 4 is 17.1 Å². The summed E-state index contributed by atoms with van der Waals surface area (Å²) in [6.07, 6.45) is 5.13. The molecule has 0 radical (unpaired) electrons. The van der Waals surface area contributed by atoms with Gasteiger partial charge in [0.05, 0.1) is 0 Å². The van der Waals surface area contributed by atoms with E-state index < -0.39 is 0 Å². The smallest absolute Gasteiger partial charge is 0.0461 e. The van der Waals surface area contributed by atoms with Gasteiger partial charge in [0.15, 0.2) is 0 Å². The number of nitrogens with zero attached hydrogens (tertiary/aromatic N) is 1. The molecule has 1 aliphatic carbocycles. The van der Waals surface area contributed by atoms with Crippen molar-refractivity contribution in [3.63, 3.8) is 0 Å². The fraction of sp³-hybridized carbons (Fsp3) is 0.250. The minimum Gasteiger partial charge on any atom is -0.311 e. The van der Waals surface area contributed by atoms with Crippen LogP contribution in [0.2, 0.25) is 0 Å². The first-order valence-electron chi connectivity index (χ1n) is 12.3. The van der Waals surface area contributed by atoms with Gasteiger partial charge in [-0.3, -0.25) is 0 Å². The largest absolute Gasteiger partial charge is 0.311 e. The molecule has 5 rings (SSSR count). The molecule has 0 amide bonds. The lowest BCUT2D eigenvalue weighted by molar-refractivity contribution is 0.396. The van der Waals surface area contributed by atoms with Crippen molar-refractivity contribution in [3.05, 3.63) is 125 Å². The van der Waals surface area contributed by atoms with E-state index in [1.54, 1.807) is 0 Å². The molecule has 4 aromatic carbocycles. The van der Waals surface area contributed by atoms with Gasteiger partial charge in [0.2, 0.25) is 0 Å². The average molecular weight is 432 g/mol. The molecule has 166 valence electrons. The zero-order valence-electron chi connectivity index (χ0n) is 19.7. The van der Waals surface area contributed by atoms with Gasteiger partial charge in [-0.2, -0.15) is 0 Å². The number of hydrogen-bond acceptors (Lipinski definition) is 1. The zero-order valence-corrected chi connectivity index (χ0v) is 19.7. The van der Waals surface area contributed by atoms with E-state index in [4.69, 9.17) is 0 Å². The molecule has 1 saturated carbocycles. The summed E-state index contributed by atoms with van der Waals surface area (Å²) in [6, 6.07) is 38.0. The van der Waals surface area contributed by atoms with Crippen molar-refractivity contribution in [3.8, 4) is 0 Å². The molecule has 1 aliphatic rings. The maximum absolute atomic E-state index is 2.36. The van der Waals surface area contributed by atoms with Crippen LogP contribution in [0.25, 0.3) is 0 Å². The van der Waals surface area contributed by atoms with E-state index in [-0.39, 0.29) is 0 Å². The Morgan fingerprint density at radius 1 is 0.455 bits per heavy atom. The van der Waals surface area contributed by atoms with Crippen molar-refractivity contribution in [1.29, 1.82) is 0 Å². The topological polar surface area (TPSA) is 3.24 Å². The summed E-state index contributed by atoms with van der Waals surface area (Å²) >= 11 is 0. The quantitative estimate of drug-likeness (QED) is 0.304. The molecule has 0 bridgehead atoms. The van der Waals surface area contributed by atoms with Gasteiger partial charge in [-0.05, 0) is 98.9 Å². The Labute approximate surface area is 198 Å². The molecule has 1 nitrogen and oxygen atoms in total. The molecule has 4 aromatic rings. The molecule has 1 fully saturated rings. The Hall–Kier alpha value is -3.32. The van der Waals surface area contributed by atoms with Crippen molar-refractivity contribution in [1.82, 2.24) is 0 Å². The molecule has 0 atom stereocenters. The second-order valence-electron chi connectivity index (χ2n) is 9.56. The minimum atomic E-state index is 0.672. The first-order chi connectivity index (χ1) is 16.2. The van der Waals surface area contributed by atoms with Crippen LogP contribution in [-0.4, -0.2) is 0 Å². The van der Waals surface area contributed by atoms with E-state index in [0.29, 0.717) is 5.92 Å². The van der Waals surface area contributed by atoms with Gasteiger partial charge in [0.25, 0.3) is 0 Å². The Balaban J connectivity index is 1.36. The standard InChI is InChI=1S/C32H33N/c1-24-8-18-30(19-9-24)33(31-20-10-25(2)11-21-31)32-22-16-29(17-23-32)28-14-12-27(13-15-28)26-6-4-3-5-7-26/h3-11,16-23,27-28H,12-15H2,1-2H3. The van der Waals surface area contributed by atoms with E-state index in [1.807, 2.05) is 0 Å². The molecule has 0 spiro atoms. The third kappa shape index (κ3) is 4.88. The number of benzene rings is 4. The average Bonchev–Trinajstić information content (AvgIpc) is 2.88. The summed E-state index contributed by atoms with van der Waals surface area (Å²) in [5.41, 5.74) is 9.16. The summed E-state index contributed by atoms with van der Waals surface area (Å²) in [7, 11) is 0. The summed E-state index contributed by atoms with van der Waals surface area (Å²) in [6.45, 7) is 4.28. The molecule has 0 N–H and O–H groups in total. The molecule has 0 saturated heterocycles. The lowest BCUT2D eigenvalue weighted by atomic mass is 9.76. The van der Waals surface area contributed by atoms with Crippen LogP contribution in [0, 0.1) is 13.8 Å². The van der Waals surface area contributed by atoms with Gasteiger partial charge >= 0.3 is 0 Å². The van der Waals surface area contributed by atoms with Gasteiger partial charge in [0, 0.05) is 17.1 Å². The number of rotatable bonds is 5. The molecule has 33 heavy (non-hydrogen) atoms. The highest BCUT2D eigenvalue weighted by molar-refractivity contribution is 5.76. The van der Waals surface area contributed by atoms with Gasteiger partial charge in [-0.15, -0.1) is 0 Å². The SMILES string of the molecule is Cc1ccc(N(c2ccc(C)cc2)c2ccc(C3CCC(c4ccccc4)CC3)cc2)cc1. The van der Waals surface area contributed by atoms with E-state index in [2.05, 4.69) is 122 Å². The Kier molecular flexibility index (Phi) is 6.30. The van der Waals surface area contributed by atoms with Gasteiger partial charge in [-0.25, -0.2) is 0 Å². The molecule has 1 heteroatoms. The van der Waals surface area contributed by atoms with Gasteiger partial charge in [0.1, 0.15) is 0 Å². The van der Waals surface area contributed by atoms with Crippen molar-refractivity contribution in [2.75, 3.05) is 4.90 Å². The Morgan fingerprint density at radius 2 is 0.818 bits per heavy atom. The Morgan fingerprint density at radius 3 is 1.24 bits per heavy atom. The molecule has 0 unspecified atom stereocenters. The van der Waals surface area contributed by atoms with Crippen LogP contribution in [0.1, 0.15) is 59.8 Å². The highest BCUT2D eigenvalue weighted by atomic mass is 15.1. The third-order valence-corrected chi connectivity index (χ3v) is 7.21. The van der Waals surface area contributed by atoms with E-state index in [9.17, 15) is 0 Å². The summed E-state index contributed by atoms with van der Waals surface area (Å²) in [5.74, 6) is 1.39. The molecule has 0 aliphatic heterocycles. The number of aryl methyl sites for hydroxylation is 2. The normalized spacial score (nSPS) is 18.1. The first-order valence-corrected chi connectivity index (χ1v) is 12.3. The first kappa shape index (κ1) is 21.5. The predicted octanol–water partition coefficient (Wildman–Crippen LogP) is 9.21. The fourth-order valence-corrected chi connectivity index (χ4v) is 5.22. The molecular formula is C32H33N. The predicted molar refractivity (Wildman–Crippen MR) is 141 cm³/mol. The highest BCUT2D eigenvalue weighted by Gasteiger charge is 2.23. The van der Waals surface area contributed by atoms with Crippen LogP contribution < -0.4 is 4.90 Å².